The van der Waals surface area contributed by atoms with E-state index in [1.807, 2.05) is 11.0 Å². The lowest BCUT2D eigenvalue weighted by Gasteiger charge is -2.35. The fraction of sp³-hybridized carbons (Fsp3) is 0.371. The third kappa shape index (κ3) is 8.28. The Kier molecular flexibility index (Phi) is 11.4. The molecule has 0 radical (unpaired) electrons. The van der Waals surface area contributed by atoms with Crippen LogP contribution in [-0.4, -0.2) is 96.6 Å². The maximum Gasteiger partial charge on any atom is 0.338 e. The normalized spacial score (nSPS) is 17.3. The molecule has 1 unspecified atom stereocenters. The first-order chi connectivity index (χ1) is 22.4. The minimum atomic E-state index is -0.752. The Morgan fingerprint density at radius 3 is 2.22 bits per heavy atom. The van der Waals surface area contributed by atoms with Gasteiger partial charge in [-0.3, -0.25) is 19.4 Å². The molecule has 0 spiro atoms. The van der Waals surface area contributed by atoms with E-state index in [0.717, 1.165) is 45.7 Å². The smallest absolute Gasteiger partial charge is 0.338 e. The predicted molar refractivity (Wildman–Crippen MR) is 182 cm³/mol. The Labute approximate surface area is 275 Å². The number of anilines is 2. The van der Waals surface area contributed by atoms with Gasteiger partial charge >= 0.3 is 5.97 Å². The number of hydrogen-bond acceptors (Lipinski definition) is 8. The van der Waals surface area contributed by atoms with Crippen molar-refractivity contribution in [3.05, 3.63) is 90.0 Å². The monoisotopic (exact) mass is 643 g/mol. The van der Waals surface area contributed by atoms with E-state index in [4.69, 9.17) is 21.7 Å². The molecule has 0 aromatic heterocycles. The van der Waals surface area contributed by atoms with Crippen molar-refractivity contribution >= 4 is 46.5 Å². The van der Waals surface area contributed by atoms with Crippen molar-refractivity contribution in [2.45, 2.75) is 32.4 Å². The number of esters is 1. The van der Waals surface area contributed by atoms with Crippen LogP contribution in [0.1, 0.15) is 35.7 Å². The zero-order chi connectivity index (χ0) is 32.5. The highest BCUT2D eigenvalue weighted by Crippen LogP contribution is 2.28. The van der Waals surface area contributed by atoms with Crippen LogP contribution in [-0.2, 0) is 20.9 Å². The van der Waals surface area contributed by atoms with Crippen LogP contribution in [0.4, 0.5) is 11.4 Å². The highest BCUT2D eigenvalue weighted by molar-refractivity contribution is 7.80. The summed E-state index contributed by atoms with van der Waals surface area (Å²) in [5, 5.41) is 3.24. The number of hydrogen-bond donors (Lipinski definition) is 1. The van der Waals surface area contributed by atoms with E-state index >= 15 is 0 Å². The van der Waals surface area contributed by atoms with E-state index in [-0.39, 0.29) is 24.8 Å². The number of carbonyl (C=O) groups excluding carboxylic acids is 3. The molecule has 0 bridgehead atoms. The van der Waals surface area contributed by atoms with Gasteiger partial charge in [0.2, 0.25) is 5.91 Å². The van der Waals surface area contributed by atoms with Crippen molar-refractivity contribution in [3.63, 3.8) is 0 Å². The highest BCUT2D eigenvalue weighted by atomic mass is 32.1. The molecule has 242 valence electrons. The highest BCUT2D eigenvalue weighted by Gasteiger charge is 2.44. The third-order valence-corrected chi connectivity index (χ3v) is 8.71. The molecular formula is C35H41N5O5S. The Morgan fingerprint density at radius 1 is 0.891 bits per heavy atom. The van der Waals surface area contributed by atoms with Crippen LogP contribution in [0.25, 0.3) is 0 Å². The van der Waals surface area contributed by atoms with Gasteiger partial charge in [0.15, 0.2) is 5.11 Å². The van der Waals surface area contributed by atoms with Gasteiger partial charge in [-0.05, 0) is 86.2 Å². The Balaban J connectivity index is 1.23. The van der Waals surface area contributed by atoms with Gasteiger partial charge in [0.25, 0.3) is 5.91 Å². The van der Waals surface area contributed by atoms with Crippen molar-refractivity contribution in [1.82, 2.24) is 14.7 Å². The molecule has 0 aliphatic carbocycles. The van der Waals surface area contributed by atoms with Crippen molar-refractivity contribution < 1.29 is 23.9 Å². The summed E-state index contributed by atoms with van der Waals surface area (Å²) in [6.45, 7) is 8.32. The Morgan fingerprint density at radius 2 is 1.57 bits per heavy atom. The second-order valence-electron chi connectivity index (χ2n) is 11.4. The topological polar surface area (TPSA) is 94.7 Å². The first kappa shape index (κ1) is 33.1. The molecule has 2 aliphatic rings. The van der Waals surface area contributed by atoms with Crippen LogP contribution in [0.3, 0.4) is 0 Å². The lowest BCUT2D eigenvalue weighted by atomic mass is 10.1. The second kappa shape index (κ2) is 15.8. The zero-order valence-corrected chi connectivity index (χ0v) is 27.2. The van der Waals surface area contributed by atoms with Crippen LogP contribution >= 0.6 is 12.2 Å². The predicted octanol–water partition coefficient (Wildman–Crippen LogP) is 4.41. The molecular weight excluding hydrogens is 602 g/mol. The summed E-state index contributed by atoms with van der Waals surface area (Å²) < 4.78 is 10.3. The number of thiocarbonyl (C=S) groups is 1. The SMILES string of the molecule is CCOC(=O)c1ccc(N2C(=O)C(CC(=O)Nc3ccc(OC)cc3)N(CCCN3CCN(Cc4ccccc4)CC3)C2=S)cc1. The van der Waals surface area contributed by atoms with Crippen LogP contribution in [0.5, 0.6) is 5.75 Å². The summed E-state index contributed by atoms with van der Waals surface area (Å²) in [5.41, 5.74) is 2.87. The maximum atomic E-state index is 13.9. The number of nitrogens with one attached hydrogen (secondary N) is 1. The van der Waals surface area contributed by atoms with E-state index in [9.17, 15) is 14.4 Å². The number of benzene rings is 3. The first-order valence-electron chi connectivity index (χ1n) is 15.7. The average molecular weight is 644 g/mol. The van der Waals surface area contributed by atoms with Gasteiger partial charge in [-0.2, -0.15) is 0 Å². The lowest BCUT2D eigenvalue weighted by Crippen LogP contribution is -2.47. The fourth-order valence-corrected chi connectivity index (χ4v) is 6.24. The molecule has 2 fully saturated rings. The average Bonchev–Trinajstić information content (AvgIpc) is 3.30. The van der Waals surface area contributed by atoms with Crippen molar-refractivity contribution in [1.29, 1.82) is 0 Å². The molecule has 1 atom stereocenters. The summed E-state index contributed by atoms with van der Waals surface area (Å²) in [6, 6.07) is 23.4. The number of carbonyl (C=O) groups is 3. The summed E-state index contributed by atoms with van der Waals surface area (Å²) in [5.74, 6) is -0.304. The minimum Gasteiger partial charge on any atom is -0.497 e. The number of piperazine rings is 1. The van der Waals surface area contributed by atoms with Crippen LogP contribution < -0.4 is 15.0 Å². The van der Waals surface area contributed by atoms with Crippen LogP contribution in [0.2, 0.25) is 0 Å². The largest absolute Gasteiger partial charge is 0.497 e. The van der Waals surface area contributed by atoms with Crippen molar-refractivity contribution in [3.8, 4) is 5.75 Å². The second-order valence-corrected chi connectivity index (χ2v) is 11.7. The molecule has 2 amide bonds. The quantitative estimate of drug-likeness (QED) is 0.215. The lowest BCUT2D eigenvalue weighted by molar-refractivity contribution is -0.124. The molecule has 3 aromatic rings. The molecule has 1 N–H and O–H groups in total. The molecule has 2 heterocycles. The van der Waals surface area contributed by atoms with Gasteiger partial charge < -0.3 is 24.6 Å². The van der Waals surface area contributed by atoms with Gasteiger partial charge in [0.1, 0.15) is 11.8 Å². The Hall–Kier alpha value is -4.32. The zero-order valence-electron chi connectivity index (χ0n) is 26.4. The number of nitrogens with zero attached hydrogens (tertiary/aromatic N) is 4. The number of amides is 2. The fourth-order valence-electron chi connectivity index (χ4n) is 5.83. The van der Waals surface area contributed by atoms with Gasteiger partial charge in [0, 0.05) is 45.0 Å². The van der Waals surface area contributed by atoms with E-state index < -0.39 is 12.0 Å². The summed E-state index contributed by atoms with van der Waals surface area (Å²) >= 11 is 5.86. The molecule has 2 aliphatic heterocycles. The van der Waals surface area contributed by atoms with Crippen LogP contribution in [0.15, 0.2) is 78.9 Å². The van der Waals surface area contributed by atoms with E-state index in [1.165, 1.54) is 10.5 Å². The molecule has 5 rings (SSSR count). The van der Waals surface area contributed by atoms with Gasteiger partial charge in [0.05, 0.1) is 31.4 Å². The van der Waals surface area contributed by atoms with E-state index in [0.29, 0.717) is 34.3 Å². The van der Waals surface area contributed by atoms with Gasteiger partial charge in [-0.15, -0.1) is 0 Å². The maximum absolute atomic E-state index is 13.9. The summed E-state index contributed by atoms with van der Waals surface area (Å²) in [7, 11) is 1.58. The third-order valence-electron chi connectivity index (χ3n) is 8.30. The number of rotatable bonds is 13. The molecule has 10 nitrogen and oxygen atoms in total. The summed E-state index contributed by atoms with van der Waals surface area (Å²) in [4.78, 5) is 47.5. The van der Waals surface area contributed by atoms with Gasteiger partial charge in [-0.25, -0.2) is 4.79 Å². The molecule has 46 heavy (non-hydrogen) atoms. The molecule has 2 saturated heterocycles. The number of ether oxygens (including phenoxy) is 2. The minimum absolute atomic E-state index is 0.0550. The van der Waals surface area contributed by atoms with Gasteiger partial charge in [-0.1, -0.05) is 30.3 Å². The van der Waals surface area contributed by atoms with Crippen molar-refractivity contribution in [2.75, 3.05) is 63.2 Å². The Bertz CT molecular complexity index is 1490. The molecule has 3 aromatic carbocycles. The van der Waals surface area contributed by atoms with E-state index in [2.05, 4.69) is 39.4 Å². The number of methoxy groups -OCH3 is 1. The standard InChI is InChI=1S/C35H41N5O5S/c1-3-45-34(43)27-10-14-29(15-11-27)40-33(42)31(24-32(41)36-28-12-16-30(44-2)17-13-28)39(35(40)46)19-7-18-37-20-22-38(23-21-37)25-26-8-5-4-6-9-26/h4-6,8-17,31H,3,7,18-25H2,1-2H3,(H,36,41). The van der Waals surface area contributed by atoms with E-state index in [1.54, 1.807) is 62.6 Å². The first-order valence-corrected chi connectivity index (χ1v) is 16.1. The molecule has 11 heteroatoms. The molecule has 0 saturated carbocycles. The van der Waals surface area contributed by atoms with Crippen LogP contribution in [0, 0.1) is 0 Å². The van der Waals surface area contributed by atoms with Crippen molar-refractivity contribution in [2.24, 2.45) is 0 Å². The summed E-state index contributed by atoms with van der Waals surface area (Å²) in [6.07, 6.45) is 0.735.